The number of carbonyl (C=O) groups is 1. The Morgan fingerprint density at radius 2 is 1.76 bits per heavy atom. The van der Waals surface area contributed by atoms with Crippen molar-refractivity contribution in [3.63, 3.8) is 0 Å². The molecule has 0 bridgehead atoms. The summed E-state index contributed by atoms with van der Waals surface area (Å²) in [5.41, 5.74) is 2.70. The molecule has 2 aromatic carbocycles. The number of hydrogen-bond acceptors (Lipinski definition) is 2. The van der Waals surface area contributed by atoms with Gasteiger partial charge >= 0.3 is 5.97 Å². The van der Waals surface area contributed by atoms with E-state index in [1.807, 2.05) is 43.3 Å². The quantitative estimate of drug-likeness (QED) is 0.889. The van der Waals surface area contributed by atoms with Gasteiger partial charge in [-0.2, -0.15) is 0 Å². The molecule has 3 heteroatoms. The summed E-state index contributed by atoms with van der Waals surface area (Å²) in [6.07, 6.45) is -0.995. The molecule has 0 spiro atoms. The van der Waals surface area contributed by atoms with Gasteiger partial charge in [-0.25, -0.2) is 4.79 Å². The second-order valence-electron chi connectivity index (χ2n) is 5.44. The van der Waals surface area contributed by atoms with E-state index in [0.717, 1.165) is 11.1 Å². The monoisotopic (exact) mass is 284 g/mol. The van der Waals surface area contributed by atoms with Gasteiger partial charge in [-0.05, 0) is 30.0 Å². The molecule has 110 valence electrons. The Balaban J connectivity index is 2.38. The molecule has 0 aliphatic carbocycles. The van der Waals surface area contributed by atoms with Crippen molar-refractivity contribution in [1.82, 2.24) is 0 Å². The molecular weight excluding hydrogens is 264 g/mol. The van der Waals surface area contributed by atoms with Crippen LogP contribution in [0.2, 0.25) is 0 Å². The van der Waals surface area contributed by atoms with Gasteiger partial charge in [0.05, 0.1) is 0 Å². The van der Waals surface area contributed by atoms with Gasteiger partial charge in [-0.15, -0.1) is 0 Å². The smallest absolute Gasteiger partial charge is 0.349 e. The van der Waals surface area contributed by atoms with Crippen molar-refractivity contribution < 1.29 is 14.6 Å². The number of rotatable bonds is 5. The number of carboxylic acids is 1. The number of hydrogen-bond donors (Lipinski definition) is 1. The van der Waals surface area contributed by atoms with Crippen molar-refractivity contribution in [2.75, 3.05) is 0 Å². The lowest BCUT2D eigenvalue weighted by Crippen LogP contribution is -2.19. The highest BCUT2D eigenvalue weighted by atomic mass is 16.5. The van der Waals surface area contributed by atoms with E-state index in [4.69, 9.17) is 4.74 Å². The minimum absolute atomic E-state index is 0.269. The molecule has 1 N–H and O–H groups in total. The topological polar surface area (TPSA) is 46.5 Å². The Morgan fingerprint density at radius 1 is 1.10 bits per heavy atom. The van der Waals surface area contributed by atoms with Crippen LogP contribution in [0.4, 0.5) is 0 Å². The van der Waals surface area contributed by atoms with Gasteiger partial charge in [0.15, 0.2) is 0 Å². The molecule has 0 aliphatic heterocycles. The van der Waals surface area contributed by atoms with E-state index in [1.54, 1.807) is 12.1 Å². The standard InChI is InChI=1S/C18H20O3/c1-12(2)15-10-9-13(3)11-16(15)21-17(18(19)20)14-7-5-4-6-8-14/h4-12,17H,1-3H3,(H,19,20). The van der Waals surface area contributed by atoms with Crippen molar-refractivity contribution >= 4 is 5.97 Å². The number of ether oxygens (including phenoxy) is 1. The van der Waals surface area contributed by atoms with Crippen LogP contribution in [0.1, 0.15) is 42.6 Å². The van der Waals surface area contributed by atoms with E-state index in [2.05, 4.69) is 13.8 Å². The molecule has 3 nitrogen and oxygen atoms in total. The van der Waals surface area contributed by atoms with Crippen molar-refractivity contribution in [3.8, 4) is 5.75 Å². The van der Waals surface area contributed by atoms with E-state index in [1.165, 1.54) is 0 Å². The van der Waals surface area contributed by atoms with Gasteiger partial charge in [0.2, 0.25) is 6.10 Å². The predicted molar refractivity (Wildman–Crippen MR) is 82.7 cm³/mol. The average Bonchev–Trinajstić information content (AvgIpc) is 2.45. The summed E-state index contributed by atoms with van der Waals surface area (Å²) in [7, 11) is 0. The van der Waals surface area contributed by atoms with Crippen molar-refractivity contribution in [2.45, 2.75) is 32.8 Å². The summed E-state index contributed by atoms with van der Waals surface area (Å²) in [5, 5.41) is 9.46. The predicted octanol–water partition coefficient (Wildman–Crippen LogP) is 4.32. The minimum Gasteiger partial charge on any atom is -0.478 e. The number of aliphatic carboxylic acids is 1. The average molecular weight is 284 g/mol. The van der Waals surface area contributed by atoms with E-state index in [-0.39, 0.29) is 5.92 Å². The second-order valence-corrected chi connectivity index (χ2v) is 5.44. The van der Waals surface area contributed by atoms with Crippen LogP contribution in [-0.2, 0) is 4.79 Å². The summed E-state index contributed by atoms with van der Waals surface area (Å²) in [4.78, 5) is 11.5. The first-order chi connectivity index (χ1) is 9.99. The van der Waals surface area contributed by atoms with E-state index < -0.39 is 12.1 Å². The lowest BCUT2D eigenvalue weighted by atomic mass is 10.0. The van der Waals surface area contributed by atoms with Crippen LogP contribution in [0.25, 0.3) is 0 Å². The van der Waals surface area contributed by atoms with Crippen LogP contribution in [0, 0.1) is 6.92 Å². The molecule has 2 rings (SSSR count). The molecule has 0 saturated carbocycles. The molecule has 0 fully saturated rings. The maximum Gasteiger partial charge on any atom is 0.349 e. The molecule has 0 heterocycles. The Morgan fingerprint density at radius 3 is 2.33 bits per heavy atom. The molecule has 0 aliphatic rings. The number of carboxylic acid groups (broad SMARTS) is 1. The molecule has 0 aromatic heterocycles. The van der Waals surface area contributed by atoms with Gasteiger partial charge in [0, 0.05) is 5.56 Å². The zero-order valence-corrected chi connectivity index (χ0v) is 12.5. The third kappa shape index (κ3) is 3.63. The molecule has 0 radical (unpaired) electrons. The number of benzene rings is 2. The van der Waals surface area contributed by atoms with Crippen LogP contribution in [0.15, 0.2) is 48.5 Å². The fourth-order valence-corrected chi connectivity index (χ4v) is 2.24. The largest absolute Gasteiger partial charge is 0.478 e. The van der Waals surface area contributed by atoms with Gasteiger partial charge in [-0.3, -0.25) is 0 Å². The summed E-state index contributed by atoms with van der Waals surface area (Å²) in [5.74, 6) is -0.0792. The zero-order chi connectivity index (χ0) is 15.4. The van der Waals surface area contributed by atoms with Crippen LogP contribution < -0.4 is 4.74 Å². The fourth-order valence-electron chi connectivity index (χ4n) is 2.24. The third-order valence-electron chi connectivity index (χ3n) is 3.36. The Hall–Kier alpha value is -2.29. The highest BCUT2D eigenvalue weighted by Crippen LogP contribution is 2.31. The van der Waals surface area contributed by atoms with E-state index in [0.29, 0.717) is 11.3 Å². The van der Waals surface area contributed by atoms with Gasteiger partial charge < -0.3 is 9.84 Å². The SMILES string of the molecule is Cc1ccc(C(C)C)c(OC(C(=O)O)c2ccccc2)c1. The molecule has 2 aromatic rings. The molecule has 1 unspecified atom stereocenters. The lowest BCUT2D eigenvalue weighted by molar-refractivity contribution is -0.145. The Kier molecular flexibility index (Phi) is 4.63. The molecule has 1 atom stereocenters. The normalized spacial score (nSPS) is 12.2. The van der Waals surface area contributed by atoms with Crippen LogP contribution >= 0.6 is 0 Å². The molecule has 0 saturated heterocycles. The fraction of sp³-hybridized carbons (Fsp3) is 0.278. The highest BCUT2D eigenvalue weighted by molar-refractivity contribution is 5.75. The lowest BCUT2D eigenvalue weighted by Gasteiger charge is -2.20. The third-order valence-corrected chi connectivity index (χ3v) is 3.36. The molecule has 21 heavy (non-hydrogen) atoms. The van der Waals surface area contributed by atoms with Gasteiger partial charge in [-0.1, -0.05) is 56.3 Å². The first-order valence-corrected chi connectivity index (χ1v) is 7.04. The first-order valence-electron chi connectivity index (χ1n) is 7.04. The maximum atomic E-state index is 11.5. The molecular formula is C18H20O3. The van der Waals surface area contributed by atoms with Crippen LogP contribution in [0.3, 0.4) is 0 Å². The van der Waals surface area contributed by atoms with E-state index in [9.17, 15) is 9.90 Å². The Labute approximate surface area is 125 Å². The van der Waals surface area contributed by atoms with Crippen molar-refractivity contribution in [1.29, 1.82) is 0 Å². The molecule has 0 amide bonds. The summed E-state index contributed by atoms with van der Waals surface area (Å²) in [6, 6.07) is 14.9. The van der Waals surface area contributed by atoms with Crippen LogP contribution in [-0.4, -0.2) is 11.1 Å². The van der Waals surface area contributed by atoms with E-state index >= 15 is 0 Å². The number of aryl methyl sites for hydroxylation is 1. The Bertz CT molecular complexity index is 618. The second kappa shape index (κ2) is 6.44. The van der Waals surface area contributed by atoms with Crippen molar-refractivity contribution in [3.05, 3.63) is 65.2 Å². The summed E-state index contributed by atoms with van der Waals surface area (Å²) in [6.45, 7) is 6.10. The zero-order valence-electron chi connectivity index (χ0n) is 12.5. The maximum absolute atomic E-state index is 11.5. The first kappa shape index (κ1) is 15.1. The van der Waals surface area contributed by atoms with Gasteiger partial charge in [0.25, 0.3) is 0 Å². The minimum atomic E-state index is -0.995. The van der Waals surface area contributed by atoms with Crippen molar-refractivity contribution in [2.24, 2.45) is 0 Å². The van der Waals surface area contributed by atoms with Crippen LogP contribution in [0.5, 0.6) is 5.75 Å². The summed E-state index contributed by atoms with van der Waals surface area (Å²) < 4.78 is 5.84. The van der Waals surface area contributed by atoms with Gasteiger partial charge in [0.1, 0.15) is 5.75 Å². The summed E-state index contributed by atoms with van der Waals surface area (Å²) >= 11 is 0. The highest BCUT2D eigenvalue weighted by Gasteiger charge is 2.23.